The summed E-state index contributed by atoms with van der Waals surface area (Å²) in [5, 5.41) is 0. The van der Waals surface area contributed by atoms with Crippen molar-refractivity contribution in [2.45, 2.75) is 76.3 Å². The summed E-state index contributed by atoms with van der Waals surface area (Å²) in [6.45, 7) is 1.89. The zero-order valence-electron chi connectivity index (χ0n) is 15.3. The van der Waals surface area contributed by atoms with Crippen molar-refractivity contribution in [2.75, 3.05) is 26.3 Å². The molecule has 2 saturated heterocycles. The lowest BCUT2D eigenvalue weighted by molar-refractivity contribution is -0.143. The highest BCUT2D eigenvalue weighted by Crippen LogP contribution is 2.37. The molecule has 140 valence electrons. The molecule has 0 bridgehead atoms. The van der Waals surface area contributed by atoms with Gasteiger partial charge in [-0.3, -0.25) is 9.59 Å². The van der Waals surface area contributed by atoms with Gasteiger partial charge >= 0.3 is 0 Å². The maximum Gasteiger partial charge on any atom is 0.248 e. The molecule has 0 N–H and O–H groups in total. The van der Waals surface area contributed by atoms with E-state index in [0.29, 0.717) is 23.9 Å². The summed E-state index contributed by atoms with van der Waals surface area (Å²) < 4.78 is 5.56. The maximum atomic E-state index is 12.5. The molecule has 4 aliphatic rings. The lowest BCUT2D eigenvalue weighted by atomic mass is 9.85. The molecule has 2 aliphatic carbocycles. The molecule has 0 aromatic rings. The first-order valence-electron chi connectivity index (χ1n) is 10.4. The summed E-state index contributed by atoms with van der Waals surface area (Å²) in [7, 11) is 0. The van der Waals surface area contributed by atoms with Crippen molar-refractivity contribution in [3.05, 3.63) is 0 Å². The molecular formula is C20H32N2O3. The second-order valence-electron chi connectivity index (χ2n) is 8.47. The quantitative estimate of drug-likeness (QED) is 0.785. The zero-order valence-corrected chi connectivity index (χ0v) is 15.3. The number of ether oxygens (including phenoxy) is 1. The van der Waals surface area contributed by atoms with Crippen LogP contribution >= 0.6 is 0 Å². The van der Waals surface area contributed by atoms with Crippen LogP contribution in [-0.4, -0.2) is 60.0 Å². The normalized spacial score (nSPS) is 34.7. The van der Waals surface area contributed by atoms with Crippen molar-refractivity contribution in [2.24, 2.45) is 11.8 Å². The molecule has 2 saturated carbocycles. The average Bonchev–Trinajstić information content (AvgIpc) is 3.26. The van der Waals surface area contributed by atoms with Gasteiger partial charge in [-0.1, -0.05) is 25.7 Å². The van der Waals surface area contributed by atoms with Crippen LogP contribution in [0.25, 0.3) is 0 Å². The predicted molar refractivity (Wildman–Crippen MR) is 95.0 cm³/mol. The fourth-order valence-corrected chi connectivity index (χ4v) is 5.82. The van der Waals surface area contributed by atoms with Crippen molar-refractivity contribution in [1.29, 1.82) is 0 Å². The van der Waals surface area contributed by atoms with Crippen LogP contribution in [-0.2, 0) is 14.3 Å². The molecule has 4 fully saturated rings. The lowest BCUT2D eigenvalue weighted by Gasteiger charge is -2.32. The number of fused-ring (bicyclic) bond motifs is 2. The molecule has 0 radical (unpaired) electrons. The Bertz CT molecular complexity index is 465. The predicted octanol–water partition coefficient (Wildman–Crippen LogP) is 2.59. The van der Waals surface area contributed by atoms with E-state index in [4.69, 9.17) is 4.74 Å². The van der Waals surface area contributed by atoms with Gasteiger partial charge in [0.1, 0.15) is 13.2 Å². The van der Waals surface area contributed by atoms with Crippen LogP contribution in [0.4, 0.5) is 0 Å². The molecule has 2 heterocycles. The number of nitrogens with zero attached hydrogens (tertiary/aromatic N) is 2. The second-order valence-corrected chi connectivity index (χ2v) is 8.47. The van der Waals surface area contributed by atoms with E-state index in [1.54, 1.807) is 0 Å². The highest BCUT2D eigenvalue weighted by Gasteiger charge is 2.39. The van der Waals surface area contributed by atoms with E-state index in [1.165, 1.54) is 38.5 Å². The van der Waals surface area contributed by atoms with Gasteiger partial charge < -0.3 is 14.5 Å². The van der Waals surface area contributed by atoms with Gasteiger partial charge in [0.2, 0.25) is 11.8 Å². The standard InChI is InChI=1S/C20H32N2O3/c23-19(21-11-9-15-5-1-3-7-17(15)21)13-25-14-20(24)22-12-10-16-6-2-4-8-18(16)22/h15-18H,1-14H2/t15-,16+,17-,18-/m0/s1. The van der Waals surface area contributed by atoms with Crippen LogP contribution in [0.3, 0.4) is 0 Å². The number of rotatable bonds is 4. The van der Waals surface area contributed by atoms with Crippen LogP contribution in [0.5, 0.6) is 0 Å². The Morgan fingerprint density at radius 2 is 1.12 bits per heavy atom. The Labute approximate surface area is 151 Å². The number of hydrogen-bond donors (Lipinski definition) is 0. The van der Waals surface area contributed by atoms with Crippen molar-refractivity contribution < 1.29 is 14.3 Å². The number of amides is 2. The molecule has 0 aromatic heterocycles. The average molecular weight is 348 g/mol. The largest absolute Gasteiger partial charge is 0.362 e. The Hall–Kier alpha value is -1.10. The Morgan fingerprint density at radius 1 is 0.680 bits per heavy atom. The molecule has 2 amide bonds. The topological polar surface area (TPSA) is 49.9 Å². The van der Waals surface area contributed by atoms with E-state index in [-0.39, 0.29) is 25.0 Å². The first-order valence-corrected chi connectivity index (χ1v) is 10.4. The summed E-state index contributed by atoms with van der Waals surface area (Å²) in [5.74, 6) is 1.57. The van der Waals surface area contributed by atoms with Crippen LogP contribution < -0.4 is 0 Å². The summed E-state index contributed by atoms with van der Waals surface area (Å²) in [4.78, 5) is 29.1. The maximum absolute atomic E-state index is 12.5. The highest BCUT2D eigenvalue weighted by molar-refractivity contribution is 5.80. The van der Waals surface area contributed by atoms with Gasteiger partial charge in [0, 0.05) is 25.2 Å². The second kappa shape index (κ2) is 7.65. The Kier molecular flexibility index (Phi) is 5.30. The smallest absolute Gasteiger partial charge is 0.248 e. The fourth-order valence-electron chi connectivity index (χ4n) is 5.82. The molecule has 25 heavy (non-hydrogen) atoms. The van der Waals surface area contributed by atoms with Crippen molar-refractivity contribution in [3.63, 3.8) is 0 Å². The van der Waals surface area contributed by atoms with Crippen LogP contribution in [0, 0.1) is 11.8 Å². The van der Waals surface area contributed by atoms with Crippen LogP contribution in [0.15, 0.2) is 0 Å². The van der Waals surface area contributed by atoms with Gasteiger partial charge in [-0.05, 0) is 50.4 Å². The molecule has 5 nitrogen and oxygen atoms in total. The highest BCUT2D eigenvalue weighted by atomic mass is 16.5. The third kappa shape index (κ3) is 3.57. The van der Waals surface area contributed by atoms with Gasteiger partial charge in [0.25, 0.3) is 0 Å². The summed E-state index contributed by atoms with van der Waals surface area (Å²) in [6, 6.07) is 0.865. The molecule has 2 aliphatic heterocycles. The van der Waals surface area contributed by atoms with Gasteiger partial charge in [0.15, 0.2) is 0 Å². The van der Waals surface area contributed by atoms with E-state index >= 15 is 0 Å². The number of likely N-dealkylation sites (tertiary alicyclic amines) is 2. The third-order valence-electron chi connectivity index (χ3n) is 7.11. The molecule has 4 atom stereocenters. The SMILES string of the molecule is O=C(COCC(=O)N1CC[C@@H]2CCCC[C@@H]21)N1CC[C@H]2CCCC[C@@H]21. The lowest BCUT2D eigenvalue weighted by Crippen LogP contribution is -2.43. The molecule has 0 aromatic carbocycles. The van der Waals surface area contributed by atoms with Crippen molar-refractivity contribution in [1.82, 2.24) is 9.80 Å². The number of carbonyl (C=O) groups excluding carboxylic acids is 2. The fraction of sp³-hybridized carbons (Fsp3) is 0.900. The summed E-state index contributed by atoms with van der Waals surface area (Å²) in [6.07, 6.45) is 12.2. The minimum Gasteiger partial charge on any atom is -0.362 e. The van der Waals surface area contributed by atoms with E-state index in [1.807, 2.05) is 9.80 Å². The first-order chi connectivity index (χ1) is 12.2. The van der Waals surface area contributed by atoms with E-state index in [0.717, 1.165) is 38.8 Å². The van der Waals surface area contributed by atoms with Crippen molar-refractivity contribution in [3.8, 4) is 0 Å². The Balaban J connectivity index is 1.22. The van der Waals surface area contributed by atoms with Crippen LogP contribution in [0.1, 0.15) is 64.2 Å². The van der Waals surface area contributed by atoms with E-state index < -0.39 is 0 Å². The minimum absolute atomic E-state index is 0.0664. The van der Waals surface area contributed by atoms with Crippen molar-refractivity contribution >= 4 is 11.8 Å². The van der Waals surface area contributed by atoms with Gasteiger partial charge in [-0.25, -0.2) is 0 Å². The number of hydrogen-bond acceptors (Lipinski definition) is 3. The first kappa shape index (κ1) is 17.3. The molecule has 5 heteroatoms. The Morgan fingerprint density at radius 3 is 1.60 bits per heavy atom. The summed E-state index contributed by atoms with van der Waals surface area (Å²) >= 11 is 0. The van der Waals surface area contributed by atoms with E-state index in [2.05, 4.69) is 0 Å². The molecule has 0 spiro atoms. The monoisotopic (exact) mass is 348 g/mol. The van der Waals surface area contributed by atoms with Gasteiger partial charge in [0.05, 0.1) is 0 Å². The van der Waals surface area contributed by atoms with Gasteiger partial charge in [-0.15, -0.1) is 0 Å². The van der Waals surface area contributed by atoms with Gasteiger partial charge in [-0.2, -0.15) is 0 Å². The van der Waals surface area contributed by atoms with E-state index in [9.17, 15) is 9.59 Å². The molecular weight excluding hydrogens is 316 g/mol. The summed E-state index contributed by atoms with van der Waals surface area (Å²) in [5.41, 5.74) is 0. The third-order valence-corrected chi connectivity index (χ3v) is 7.11. The minimum atomic E-state index is 0.0664. The molecule has 0 unspecified atom stereocenters. The van der Waals surface area contributed by atoms with Crippen LogP contribution in [0.2, 0.25) is 0 Å². The number of carbonyl (C=O) groups is 2. The zero-order chi connectivity index (χ0) is 17.2. The molecule has 4 rings (SSSR count).